The van der Waals surface area contributed by atoms with Crippen molar-refractivity contribution >= 4 is 21.7 Å². The van der Waals surface area contributed by atoms with E-state index in [0.29, 0.717) is 37.3 Å². The molecular formula is C26H29F3N4O3S. The van der Waals surface area contributed by atoms with Crippen LogP contribution in [0.1, 0.15) is 43.2 Å². The number of benzene rings is 1. The quantitative estimate of drug-likeness (QED) is 0.476. The number of fused-ring (bicyclic) bond motifs is 6. The smallest absolute Gasteiger partial charge is 0.396 e. The number of hydrogen-bond acceptors (Lipinski definition) is 6. The van der Waals surface area contributed by atoms with Crippen LogP contribution in [0.25, 0.3) is 11.3 Å². The molecule has 0 aliphatic carbocycles. The van der Waals surface area contributed by atoms with Crippen LogP contribution in [0.15, 0.2) is 59.6 Å². The average Bonchev–Trinajstić information content (AvgIpc) is 2.87. The molecule has 0 atom stereocenters. The number of halogens is 3. The second-order valence-electron chi connectivity index (χ2n) is 8.92. The highest BCUT2D eigenvalue weighted by Gasteiger charge is 2.35. The fraction of sp³-hybridized carbons (Fsp3) is 0.385. The van der Waals surface area contributed by atoms with E-state index in [-0.39, 0.29) is 23.1 Å². The number of aliphatic hydroxyl groups is 1. The minimum atomic E-state index is -4.67. The van der Waals surface area contributed by atoms with Crippen LogP contribution in [0.2, 0.25) is 0 Å². The molecule has 1 aromatic carbocycles. The van der Waals surface area contributed by atoms with Gasteiger partial charge >= 0.3 is 6.18 Å². The minimum absolute atomic E-state index is 0.00260. The molecule has 1 aliphatic rings. The number of hydrogen-bond donors (Lipinski definition) is 2. The number of aromatic nitrogens is 2. The van der Waals surface area contributed by atoms with E-state index in [0.717, 1.165) is 43.4 Å². The first-order valence-electron chi connectivity index (χ1n) is 12.2. The Morgan fingerprint density at radius 3 is 2.51 bits per heavy atom. The Morgan fingerprint density at radius 2 is 1.73 bits per heavy atom. The van der Waals surface area contributed by atoms with Crippen LogP contribution >= 0.6 is 0 Å². The Hall–Kier alpha value is -3.18. The molecule has 37 heavy (non-hydrogen) atoms. The fourth-order valence-electron chi connectivity index (χ4n) is 4.41. The van der Waals surface area contributed by atoms with Gasteiger partial charge in [0.05, 0.1) is 11.3 Å². The third-order valence-corrected chi connectivity index (χ3v) is 7.49. The van der Waals surface area contributed by atoms with Crippen molar-refractivity contribution in [1.29, 1.82) is 0 Å². The zero-order valence-corrected chi connectivity index (χ0v) is 21.0. The van der Waals surface area contributed by atoms with E-state index in [4.69, 9.17) is 0 Å². The van der Waals surface area contributed by atoms with Gasteiger partial charge in [-0.2, -0.15) is 21.6 Å². The number of sulfonamides is 1. The van der Waals surface area contributed by atoms with Gasteiger partial charge in [0.1, 0.15) is 11.6 Å². The van der Waals surface area contributed by atoms with Crippen molar-refractivity contribution in [3.8, 4) is 11.3 Å². The maximum Gasteiger partial charge on any atom is 0.418 e. The summed E-state index contributed by atoms with van der Waals surface area (Å²) < 4.78 is 70.4. The topological polar surface area (TPSA) is 95.4 Å². The molecule has 0 radical (unpaired) electrons. The summed E-state index contributed by atoms with van der Waals surface area (Å²) in [5.74, 6) is 0.223. The molecule has 4 rings (SSSR count). The summed E-state index contributed by atoms with van der Waals surface area (Å²) in [5.41, 5.74) is -0.192. The first kappa shape index (κ1) is 26.9. The number of aryl methyl sites for hydroxylation is 1. The monoisotopic (exact) mass is 534 g/mol. The lowest BCUT2D eigenvalue weighted by Gasteiger charge is -2.24. The number of pyridine rings is 2. The Kier molecular flexibility index (Phi) is 8.33. The highest BCUT2D eigenvalue weighted by atomic mass is 32.2. The number of rotatable bonds is 3. The van der Waals surface area contributed by atoms with Gasteiger partial charge in [-0.25, -0.2) is 9.97 Å². The van der Waals surface area contributed by atoms with E-state index in [1.165, 1.54) is 6.07 Å². The molecule has 2 aromatic heterocycles. The molecular weight excluding hydrogens is 505 g/mol. The van der Waals surface area contributed by atoms with Crippen LogP contribution in [0.3, 0.4) is 0 Å². The Balaban J connectivity index is 1.81. The summed E-state index contributed by atoms with van der Waals surface area (Å²) in [6.07, 6.45) is -0.212. The molecule has 1 aliphatic heterocycles. The fourth-order valence-corrected chi connectivity index (χ4v) is 5.38. The van der Waals surface area contributed by atoms with Gasteiger partial charge < -0.3 is 10.0 Å². The molecule has 3 heterocycles. The molecule has 198 valence electrons. The Labute approximate surface area is 214 Å². The normalized spacial score (nSPS) is 16.4. The standard InChI is InChI=1S/C26H29F3N4O3S/c27-26(28,29)21-14-15-22-30-25(21)20-11-5-4-10-19(20)9-3-1-2-6-16-33(17-8-18-34)23-12-7-13-24(31-23)37(35,36)32-22/h4-5,7,10-15,34H,1-3,6,8-9,16-18H2,(H,30,32). The van der Waals surface area contributed by atoms with E-state index in [1.54, 1.807) is 36.4 Å². The minimum Gasteiger partial charge on any atom is -0.396 e. The highest BCUT2D eigenvalue weighted by molar-refractivity contribution is 7.92. The lowest BCUT2D eigenvalue weighted by atomic mass is 9.96. The van der Waals surface area contributed by atoms with E-state index < -0.39 is 21.8 Å². The van der Waals surface area contributed by atoms with Crippen molar-refractivity contribution in [2.24, 2.45) is 0 Å². The number of aliphatic hydroxyl groups excluding tert-OH is 1. The van der Waals surface area contributed by atoms with Gasteiger partial charge in [-0.3, -0.25) is 4.72 Å². The largest absolute Gasteiger partial charge is 0.418 e. The zero-order valence-electron chi connectivity index (χ0n) is 20.2. The van der Waals surface area contributed by atoms with Gasteiger partial charge in [-0.05, 0) is 55.5 Å². The third-order valence-electron chi connectivity index (χ3n) is 6.23. The summed E-state index contributed by atoms with van der Waals surface area (Å²) in [7, 11) is -4.24. The maximum absolute atomic E-state index is 13.9. The average molecular weight is 535 g/mol. The van der Waals surface area contributed by atoms with Gasteiger partial charge in [0, 0.05) is 25.3 Å². The summed E-state index contributed by atoms with van der Waals surface area (Å²) in [6.45, 7) is 1.15. The van der Waals surface area contributed by atoms with Crippen molar-refractivity contribution in [2.75, 3.05) is 29.3 Å². The van der Waals surface area contributed by atoms with Crippen LogP contribution in [0, 0.1) is 0 Å². The molecule has 3 aromatic rings. The summed E-state index contributed by atoms with van der Waals surface area (Å²) in [6, 6.07) is 13.3. The van der Waals surface area contributed by atoms with Gasteiger partial charge in [-0.15, -0.1) is 0 Å². The number of nitrogens with zero attached hydrogens (tertiary/aromatic N) is 3. The molecule has 0 amide bonds. The Morgan fingerprint density at radius 1 is 0.946 bits per heavy atom. The number of alkyl halides is 3. The van der Waals surface area contributed by atoms with E-state index in [9.17, 15) is 26.7 Å². The molecule has 0 fully saturated rings. The molecule has 0 unspecified atom stereocenters. The predicted molar refractivity (Wildman–Crippen MR) is 136 cm³/mol. The highest BCUT2D eigenvalue weighted by Crippen LogP contribution is 2.38. The molecule has 11 heteroatoms. The van der Waals surface area contributed by atoms with E-state index in [2.05, 4.69) is 14.7 Å². The maximum atomic E-state index is 13.9. The molecule has 0 saturated carbocycles. The number of anilines is 2. The van der Waals surface area contributed by atoms with Gasteiger partial charge in [0.15, 0.2) is 5.03 Å². The van der Waals surface area contributed by atoms with Gasteiger partial charge in [0.2, 0.25) is 0 Å². The molecule has 0 saturated heterocycles. The second kappa shape index (κ2) is 11.5. The molecule has 2 N–H and O–H groups in total. The van der Waals surface area contributed by atoms with E-state index >= 15 is 0 Å². The molecule has 4 bridgehead atoms. The van der Waals surface area contributed by atoms with E-state index in [1.807, 2.05) is 4.90 Å². The predicted octanol–water partition coefficient (Wildman–Crippen LogP) is 5.27. The summed E-state index contributed by atoms with van der Waals surface area (Å²) >= 11 is 0. The van der Waals surface area contributed by atoms with Gasteiger partial charge in [0.25, 0.3) is 10.0 Å². The van der Waals surface area contributed by atoms with Crippen LogP contribution in [0.4, 0.5) is 24.8 Å². The summed E-state index contributed by atoms with van der Waals surface area (Å²) in [5, 5.41) is 9.03. The lowest BCUT2D eigenvalue weighted by Crippen LogP contribution is -2.28. The van der Waals surface area contributed by atoms with Crippen LogP contribution < -0.4 is 9.62 Å². The molecule has 0 spiro atoms. The van der Waals surface area contributed by atoms with Crippen molar-refractivity contribution in [3.63, 3.8) is 0 Å². The van der Waals surface area contributed by atoms with Crippen molar-refractivity contribution < 1.29 is 26.7 Å². The Bertz CT molecular complexity index is 1330. The van der Waals surface area contributed by atoms with Crippen molar-refractivity contribution in [1.82, 2.24) is 9.97 Å². The lowest BCUT2D eigenvalue weighted by molar-refractivity contribution is -0.137. The molecule has 7 nitrogen and oxygen atoms in total. The van der Waals surface area contributed by atoms with Crippen LogP contribution in [-0.2, 0) is 22.6 Å². The number of nitrogens with one attached hydrogen (secondary N) is 1. The van der Waals surface area contributed by atoms with Gasteiger partial charge in [-0.1, -0.05) is 43.2 Å². The first-order chi connectivity index (χ1) is 17.7. The SMILES string of the molecule is O=S1(=O)Nc2ccc(C(F)(F)F)c(n2)-c2ccccc2CCCCCCN(CCCO)c2cccc1n2. The first-order valence-corrected chi connectivity index (χ1v) is 13.7. The third kappa shape index (κ3) is 6.58. The van der Waals surface area contributed by atoms with Crippen molar-refractivity contribution in [3.05, 3.63) is 65.7 Å². The summed E-state index contributed by atoms with van der Waals surface area (Å²) in [4.78, 5) is 10.4. The second-order valence-corrected chi connectivity index (χ2v) is 10.5. The van der Waals surface area contributed by atoms with Crippen molar-refractivity contribution in [2.45, 2.75) is 49.7 Å². The van der Waals surface area contributed by atoms with Crippen LogP contribution in [0.5, 0.6) is 0 Å². The zero-order chi connectivity index (χ0) is 26.5. The van der Waals surface area contributed by atoms with Crippen LogP contribution in [-0.4, -0.2) is 43.2 Å².